The summed E-state index contributed by atoms with van der Waals surface area (Å²) in [5.41, 5.74) is 0. The lowest BCUT2D eigenvalue weighted by molar-refractivity contribution is 0.390. The number of hydrogen-bond acceptors (Lipinski definition) is 6. The molecular weight excluding hydrogens is 817 g/mol. The first kappa shape index (κ1) is 89.6. The molecule has 0 aliphatic rings. The van der Waals surface area contributed by atoms with Gasteiger partial charge in [0.25, 0.3) is 0 Å². The van der Waals surface area contributed by atoms with Crippen molar-refractivity contribution in [3.8, 4) is 0 Å². The Bertz CT molecular complexity index is 641. The second-order valence-electron chi connectivity index (χ2n) is 22.2. The van der Waals surface area contributed by atoms with E-state index in [1.54, 1.807) is 0 Å². The van der Waals surface area contributed by atoms with Crippen molar-refractivity contribution < 1.29 is 0 Å². The lowest BCUT2D eigenvalue weighted by atomic mass is 10.1. The van der Waals surface area contributed by atoms with Gasteiger partial charge in [0.2, 0.25) is 0 Å². The van der Waals surface area contributed by atoms with E-state index < -0.39 is 0 Å². The fourth-order valence-electron chi connectivity index (χ4n) is 4.68. The van der Waals surface area contributed by atoms with Crippen molar-refractivity contribution in [2.45, 2.75) is 259 Å². The average molecular weight is 966 g/mol. The average Bonchev–Trinajstić information content (AvgIpc) is 3.22. The Morgan fingerprint density at radius 1 is 0.239 bits per heavy atom. The van der Waals surface area contributed by atoms with Gasteiger partial charge in [-0.25, -0.2) is 0 Å². The van der Waals surface area contributed by atoms with Crippen LogP contribution >= 0.6 is 0 Å². The molecular formula is C61H148N6. The lowest BCUT2D eigenvalue weighted by Crippen LogP contribution is -2.12. The van der Waals surface area contributed by atoms with E-state index in [0.717, 1.165) is 30.2 Å². The Kier molecular flexibility index (Phi) is 114. The molecule has 0 radical (unpaired) electrons. The largest absolute Gasteiger partial charge is 0.310 e. The third-order valence-corrected chi connectivity index (χ3v) is 9.46. The van der Waals surface area contributed by atoms with Gasteiger partial charge in [0.1, 0.15) is 0 Å². The van der Waals surface area contributed by atoms with Crippen molar-refractivity contribution in [1.29, 1.82) is 0 Å². The summed E-state index contributed by atoms with van der Waals surface area (Å²) < 4.78 is 0. The van der Waals surface area contributed by atoms with Crippen LogP contribution in [0.4, 0.5) is 0 Å². The van der Waals surface area contributed by atoms with E-state index >= 15 is 0 Å². The monoisotopic (exact) mass is 965 g/mol. The van der Waals surface area contributed by atoms with Crippen LogP contribution in [0.15, 0.2) is 0 Å². The predicted octanol–water partition coefficient (Wildman–Crippen LogP) is 18.2. The van der Waals surface area contributed by atoms with Crippen LogP contribution < -0.4 is 0 Å². The van der Waals surface area contributed by atoms with E-state index in [-0.39, 0.29) is 0 Å². The minimum Gasteiger partial charge on any atom is -0.310 e. The first-order chi connectivity index (χ1) is 31.2. The van der Waals surface area contributed by atoms with Gasteiger partial charge in [-0.15, -0.1) is 0 Å². The van der Waals surface area contributed by atoms with Crippen LogP contribution in [-0.4, -0.2) is 153 Å². The van der Waals surface area contributed by atoms with E-state index in [2.05, 4.69) is 239 Å². The van der Waals surface area contributed by atoms with Crippen molar-refractivity contribution in [2.75, 3.05) is 124 Å². The molecule has 422 valence electrons. The molecule has 0 amide bonds. The van der Waals surface area contributed by atoms with Crippen LogP contribution in [-0.2, 0) is 0 Å². The van der Waals surface area contributed by atoms with Crippen molar-refractivity contribution in [1.82, 2.24) is 29.4 Å². The smallest absolute Gasteiger partial charge is 0.00248 e. The Hall–Kier alpha value is -0.240. The highest BCUT2D eigenvalue weighted by atomic mass is 15.1. The van der Waals surface area contributed by atoms with Gasteiger partial charge in [-0.1, -0.05) is 227 Å². The molecule has 6 nitrogen and oxygen atoms in total. The molecule has 0 N–H and O–H groups in total. The fraction of sp³-hybridized carbons (Fsp3) is 1.00. The molecule has 0 fully saturated rings. The first-order valence-electron chi connectivity index (χ1n) is 29.0. The molecule has 0 bridgehead atoms. The molecule has 0 atom stereocenters. The van der Waals surface area contributed by atoms with Gasteiger partial charge in [0, 0.05) is 0 Å². The van der Waals surface area contributed by atoms with E-state index in [4.69, 9.17) is 0 Å². The van der Waals surface area contributed by atoms with Gasteiger partial charge < -0.3 is 29.4 Å². The molecule has 0 aliphatic carbocycles. The quantitative estimate of drug-likeness (QED) is 0.0759. The van der Waals surface area contributed by atoms with E-state index in [0.29, 0.717) is 0 Å². The van der Waals surface area contributed by atoms with Gasteiger partial charge in [0.15, 0.2) is 0 Å². The first-order valence-corrected chi connectivity index (χ1v) is 29.0. The van der Waals surface area contributed by atoms with Crippen molar-refractivity contribution in [3.05, 3.63) is 0 Å². The second-order valence-corrected chi connectivity index (χ2v) is 22.2. The van der Waals surface area contributed by atoms with Gasteiger partial charge in [-0.05, 0) is 180 Å². The van der Waals surface area contributed by atoms with Crippen molar-refractivity contribution in [3.63, 3.8) is 0 Å². The standard InChI is InChI=1S/C9H21N.C8H19N.C7H17N.C7H16.C6H15N.C6H14.C5H13N.C5H12.C4H11N.C4H10/c1-4-5-6-7-8-9-10(2)3;1-4-5-6-7-8-9(2)3;1-4-5-6-7-8(2)3;2*1-4-5-6-7(2)3;2*1-4-5-6(2)3;2*1-4-5(2)3;1-4(2)3/h4-9H2,1-3H3;4-8H2,1-3H3;4-7H2,1-3H3;7H,4-6H2,1-3H3;4-6H2,1-3H3;6H,4-5H2,1-3H3;4-5H2,1-3H3;5H,4H2,1-3H3;4H2,1-3H3;4H,1-3H3. The molecule has 0 aliphatic heterocycles. The molecule has 0 spiro atoms. The maximum atomic E-state index is 2.27. The number of unbranched alkanes of at least 4 members (excludes halogenated alkanes) is 11. The minimum absolute atomic E-state index is 0.833. The summed E-state index contributed by atoms with van der Waals surface area (Å²) in [7, 11) is 25.3. The fourth-order valence-corrected chi connectivity index (χ4v) is 4.68. The van der Waals surface area contributed by atoms with Crippen LogP contribution in [0, 0.1) is 23.7 Å². The van der Waals surface area contributed by atoms with Crippen molar-refractivity contribution in [2.24, 2.45) is 23.7 Å². The van der Waals surface area contributed by atoms with E-state index in [1.807, 2.05) is 0 Å². The van der Waals surface area contributed by atoms with E-state index in [1.165, 1.54) is 168 Å². The zero-order valence-electron chi connectivity index (χ0n) is 54.1. The maximum Gasteiger partial charge on any atom is -0.00248 e. The number of rotatable bonds is 27. The summed E-state index contributed by atoms with van der Waals surface area (Å²) in [6.45, 7) is 47.2. The van der Waals surface area contributed by atoms with Gasteiger partial charge in [-0.2, -0.15) is 0 Å². The number of nitrogens with zero attached hydrogens (tertiary/aromatic N) is 6. The molecule has 0 saturated carbocycles. The molecule has 0 rings (SSSR count). The Labute approximate surface area is 434 Å². The second kappa shape index (κ2) is 85.6. The topological polar surface area (TPSA) is 19.4 Å². The van der Waals surface area contributed by atoms with E-state index in [9.17, 15) is 0 Å². The zero-order chi connectivity index (χ0) is 54.9. The van der Waals surface area contributed by atoms with Crippen LogP contribution in [0.25, 0.3) is 0 Å². The SMILES string of the molecule is CC(C)C.CCC(C)C.CCCC(C)C.CCCCC(C)C.CCCCCCCN(C)C.CCCCCCN(C)C.CCCCCN(C)C.CCCCN(C)C.CCCN(C)C.CCN(C)C. The summed E-state index contributed by atoms with van der Waals surface area (Å²) in [6, 6.07) is 0. The van der Waals surface area contributed by atoms with Crippen LogP contribution in [0.2, 0.25) is 0 Å². The minimum atomic E-state index is 0.833. The summed E-state index contributed by atoms with van der Waals surface area (Å²) in [4.78, 5) is 13.3. The summed E-state index contributed by atoms with van der Waals surface area (Å²) in [5, 5.41) is 0. The Balaban J connectivity index is -0.0000000680. The molecule has 0 heterocycles. The van der Waals surface area contributed by atoms with Crippen molar-refractivity contribution >= 4 is 0 Å². The third-order valence-electron chi connectivity index (χ3n) is 9.46. The van der Waals surface area contributed by atoms with Gasteiger partial charge in [-0.3, -0.25) is 0 Å². The summed E-state index contributed by atoms with van der Waals surface area (Å²) >= 11 is 0. The Morgan fingerprint density at radius 3 is 0.627 bits per heavy atom. The molecule has 0 aromatic rings. The van der Waals surface area contributed by atoms with Gasteiger partial charge >= 0.3 is 0 Å². The molecule has 0 aromatic carbocycles. The molecule has 0 aromatic heterocycles. The van der Waals surface area contributed by atoms with Crippen LogP contribution in [0.5, 0.6) is 0 Å². The molecule has 0 saturated heterocycles. The normalized spacial score (nSPS) is 10.2. The Morgan fingerprint density at radius 2 is 0.478 bits per heavy atom. The summed E-state index contributed by atoms with van der Waals surface area (Å²) in [5.74, 6) is 3.52. The third kappa shape index (κ3) is 209. The highest BCUT2D eigenvalue weighted by molar-refractivity contribution is 4.47. The van der Waals surface area contributed by atoms with Crippen LogP contribution in [0.3, 0.4) is 0 Å². The van der Waals surface area contributed by atoms with Crippen LogP contribution in [0.1, 0.15) is 259 Å². The highest BCUT2D eigenvalue weighted by Crippen LogP contribution is 2.05. The predicted molar refractivity (Wildman–Crippen MR) is 324 cm³/mol. The van der Waals surface area contributed by atoms with Gasteiger partial charge in [0.05, 0.1) is 0 Å². The molecule has 0 unspecified atom stereocenters. The molecule has 67 heavy (non-hydrogen) atoms. The lowest BCUT2D eigenvalue weighted by Gasteiger charge is -2.07. The highest BCUT2D eigenvalue weighted by Gasteiger charge is 1.92. The number of hydrogen-bond donors (Lipinski definition) is 0. The summed E-state index contributed by atoms with van der Waals surface area (Å²) in [6.07, 6.45) is 28.5. The maximum absolute atomic E-state index is 2.27. The zero-order valence-corrected chi connectivity index (χ0v) is 54.1. The molecule has 6 heteroatoms.